The smallest absolute Gasteiger partial charge is 0.222 e. The third-order valence-electron chi connectivity index (χ3n) is 3.14. The molecule has 18 heavy (non-hydrogen) atoms. The van der Waals surface area contributed by atoms with Crippen LogP contribution in [0.2, 0.25) is 0 Å². The minimum absolute atomic E-state index is 0.155. The highest BCUT2D eigenvalue weighted by Crippen LogP contribution is 2.15. The molecule has 0 heterocycles. The van der Waals surface area contributed by atoms with Crippen molar-refractivity contribution in [3.8, 4) is 0 Å². The van der Waals surface area contributed by atoms with Crippen molar-refractivity contribution in [1.29, 1.82) is 0 Å². The zero-order valence-electron chi connectivity index (χ0n) is 11.2. The summed E-state index contributed by atoms with van der Waals surface area (Å²) < 4.78 is 0. The van der Waals surface area contributed by atoms with Crippen molar-refractivity contribution >= 4 is 5.91 Å². The zero-order valence-corrected chi connectivity index (χ0v) is 11.2. The van der Waals surface area contributed by atoms with Crippen LogP contribution in [0.15, 0.2) is 30.3 Å². The molecule has 4 N–H and O–H groups in total. The van der Waals surface area contributed by atoms with Crippen molar-refractivity contribution in [2.45, 2.75) is 44.9 Å². The van der Waals surface area contributed by atoms with Crippen molar-refractivity contribution in [2.75, 3.05) is 0 Å². The monoisotopic (exact) mass is 250 g/mol. The van der Waals surface area contributed by atoms with Gasteiger partial charge in [-0.1, -0.05) is 30.3 Å². The first-order valence-electron chi connectivity index (χ1n) is 6.12. The molecule has 0 saturated carbocycles. The van der Waals surface area contributed by atoms with Gasteiger partial charge in [-0.15, -0.1) is 0 Å². The Kier molecular flexibility index (Phi) is 4.87. The van der Waals surface area contributed by atoms with Crippen LogP contribution in [0.25, 0.3) is 0 Å². The van der Waals surface area contributed by atoms with Gasteiger partial charge in [-0.25, -0.2) is 0 Å². The minimum atomic E-state index is -0.645. The Morgan fingerprint density at radius 1 is 1.39 bits per heavy atom. The van der Waals surface area contributed by atoms with Gasteiger partial charge in [-0.3, -0.25) is 4.79 Å². The standard InChI is InChI=1S/C14H22N2O2/c1-10(17)14(2,3)16-13(18)9-12(15)11-7-5-4-6-8-11/h4-8,10,12,17H,9,15H2,1-3H3,(H,16,18). The summed E-state index contributed by atoms with van der Waals surface area (Å²) in [5.74, 6) is -0.155. The Bertz CT molecular complexity index is 388. The van der Waals surface area contributed by atoms with Gasteiger partial charge in [-0.05, 0) is 26.3 Å². The predicted molar refractivity (Wildman–Crippen MR) is 71.9 cm³/mol. The fourth-order valence-electron chi connectivity index (χ4n) is 1.53. The summed E-state index contributed by atoms with van der Waals surface area (Å²) in [6.45, 7) is 5.21. The summed E-state index contributed by atoms with van der Waals surface area (Å²) >= 11 is 0. The molecule has 2 atom stereocenters. The molecule has 4 heteroatoms. The van der Waals surface area contributed by atoms with Crippen molar-refractivity contribution in [3.05, 3.63) is 35.9 Å². The van der Waals surface area contributed by atoms with Gasteiger partial charge in [0.1, 0.15) is 0 Å². The van der Waals surface area contributed by atoms with Crippen molar-refractivity contribution in [2.24, 2.45) is 5.73 Å². The molecule has 1 rings (SSSR count). The molecular formula is C14H22N2O2. The molecule has 0 bridgehead atoms. The first-order valence-corrected chi connectivity index (χ1v) is 6.12. The summed E-state index contributed by atoms with van der Waals surface area (Å²) in [6, 6.07) is 9.18. The second-order valence-corrected chi connectivity index (χ2v) is 5.17. The summed E-state index contributed by atoms with van der Waals surface area (Å²) in [4.78, 5) is 11.8. The maximum atomic E-state index is 11.8. The lowest BCUT2D eigenvalue weighted by Gasteiger charge is -2.29. The molecule has 0 aliphatic rings. The average Bonchev–Trinajstić information content (AvgIpc) is 2.29. The Hall–Kier alpha value is -1.39. The molecule has 4 nitrogen and oxygen atoms in total. The lowest BCUT2D eigenvalue weighted by Crippen LogP contribution is -2.51. The Morgan fingerprint density at radius 2 is 1.94 bits per heavy atom. The third kappa shape index (κ3) is 4.13. The number of hydrogen-bond donors (Lipinski definition) is 3. The molecule has 0 radical (unpaired) electrons. The van der Waals surface area contributed by atoms with Gasteiger partial charge in [0, 0.05) is 12.5 Å². The van der Waals surface area contributed by atoms with Crippen molar-refractivity contribution in [1.82, 2.24) is 5.32 Å². The van der Waals surface area contributed by atoms with Crippen LogP contribution in [0, 0.1) is 0 Å². The number of nitrogens with two attached hydrogens (primary N) is 1. The summed E-state index contributed by atoms with van der Waals surface area (Å²) in [6.07, 6.45) is -0.408. The Labute approximate surface area is 108 Å². The normalized spacial score (nSPS) is 14.9. The van der Waals surface area contributed by atoms with Gasteiger partial charge in [0.05, 0.1) is 11.6 Å². The number of aliphatic hydroxyl groups excluding tert-OH is 1. The van der Waals surface area contributed by atoms with Gasteiger partial charge in [-0.2, -0.15) is 0 Å². The van der Waals surface area contributed by atoms with Gasteiger partial charge >= 0.3 is 0 Å². The van der Waals surface area contributed by atoms with Crippen LogP contribution in [0.4, 0.5) is 0 Å². The SMILES string of the molecule is CC(O)C(C)(C)NC(=O)CC(N)c1ccccc1. The Balaban J connectivity index is 2.56. The van der Waals surface area contributed by atoms with E-state index >= 15 is 0 Å². The molecule has 100 valence electrons. The van der Waals surface area contributed by atoms with Crippen LogP contribution in [-0.4, -0.2) is 22.7 Å². The summed E-state index contributed by atoms with van der Waals surface area (Å²) in [5.41, 5.74) is 6.26. The lowest BCUT2D eigenvalue weighted by molar-refractivity contribution is -0.124. The minimum Gasteiger partial charge on any atom is -0.391 e. The zero-order chi connectivity index (χ0) is 13.8. The maximum Gasteiger partial charge on any atom is 0.222 e. The average molecular weight is 250 g/mol. The van der Waals surface area contributed by atoms with E-state index < -0.39 is 11.6 Å². The molecule has 2 unspecified atom stereocenters. The van der Waals surface area contributed by atoms with E-state index in [-0.39, 0.29) is 18.4 Å². The number of carbonyl (C=O) groups is 1. The van der Waals surface area contributed by atoms with E-state index in [1.54, 1.807) is 20.8 Å². The number of hydrogen-bond acceptors (Lipinski definition) is 3. The van der Waals surface area contributed by atoms with Crippen LogP contribution >= 0.6 is 0 Å². The molecule has 0 fully saturated rings. The Morgan fingerprint density at radius 3 is 2.44 bits per heavy atom. The van der Waals surface area contributed by atoms with E-state index in [1.807, 2.05) is 30.3 Å². The van der Waals surface area contributed by atoms with Gasteiger partial charge < -0.3 is 16.2 Å². The second kappa shape index (κ2) is 5.98. The van der Waals surface area contributed by atoms with E-state index in [0.717, 1.165) is 5.56 Å². The second-order valence-electron chi connectivity index (χ2n) is 5.17. The van der Waals surface area contributed by atoms with Crippen LogP contribution < -0.4 is 11.1 Å². The first kappa shape index (κ1) is 14.7. The number of rotatable bonds is 5. The van der Waals surface area contributed by atoms with Gasteiger partial charge in [0.25, 0.3) is 0 Å². The molecule has 1 amide bonds. The number of amides is 1. The van der Waals surface area contributed by atoms with Gasteiger partial charge in [0.2, 0.25) is 5.91 Å². The van der Waals surface area contributed by atoms with Crippen LogP contribution in [-0.2, 0) is 4.79 Å². The molecule has 0 aliphatic carbocycles. The highest BCUT2D eigenvalue weighted by Gasteiger charge is 2.26. The maximum absolute atomic E-state index is 11.8. The number of nitrogens with one attached hydrogen (secondary N) is 1. The largest absolute Gasteiger partial charge is 0.391 e. The number of aliphatic hydroxyl groups is 1. The molecule has 0 aliphatic heterocycles. The molecule has 1 aromatic carbocycles. The van der Waals surface area contributed by atoms with Crippen molar-refractivity contribution < 1.29 is 9.90 Å². The van der Waals surface area contributed by atoms with E-state index in [9.17, 15) is 9.90 Å². The van der Waals surface area contributed by atoms with E-state index in [0.29, 0.717) is 0 Å². The third-order valence-corrected chi connectivity index (χ3v) is 3.14. The molecule has 0 saturated heterocycles. The van der Waals surface area contributed by atoms with Crippen LogP contribution in [0.5, 0.6) is 0 Å². The summed E-state index contributed by atoms with van der Waals surface area (Å²) in [5, 5.41) is 12.3. The number of carbonyl (C=O) groups excluding carboxylic acids is 1. The van der Waals surface area contributed by atoms with Crippen molar-refractivity contribution in [3.63, 3.8) is 0 Å². The van der Waals surface area contributed by atoms with E-state index in [4.69, 9.17) is 5.73 Å². The molecule has 1 aromatic rings. The highest BCUT2D eigenvalue weighted by atomic mass is 16.3. The lowest BCUT2D eigenvalue weighted by atomic mass is 9.97. The fourth-order valence-corrected chi connectivity index (χ4v) is 1.53. The summed E-state index contributed by atoms with van der Waals surface area (Å²) in [7, 11) is 0. The van der Waals surface area contributed by atoms with E-state index in [1.165, 1.54) is 0 Å². The molecular weight excluding hydrogens is 228 g/mol. The first-order chi connectivity index (χ1) is 8.33. The van der Waals surface area contributed by atoms with Crippen LogP contribution in [0.1, 0.15) is 38.8 Å². The van der Waals surface area contributed by atoms with E-state index in [2.05, 4.69) is 5.32 Å². The topological polar surface area (TPSA) is 75.3 Å². The van der Waals surface area contributed by atoms with Gasteiger partial charge in [0.15, 0.2) is 0 Å². The quantitative estimate of drug-likeness (QED) is 0.738. The molecule has 0 spiro atoms. The highest BCUT2D eigenvalue weighted by molar-refractivity contribution is 5.77. The fraction of sp³-hybridized carbons (Fsp3) is 0.500. The number of benzene rings is 1. The predicted octanol–water partition coefficient (Wildman–Crippen LogP) is 1.35. The van der Waals surface area contributed by atoms with Crippen LogP contribution in [0.3, 0.4) is 0 Å². The molecule has 0 aromatic heterocycles.